The molecule has 2 aromatic rings. The third-order valence-electron chi connectivity index (χ3n) is 7.55. The second-order valence-electron chi connectivity index (χ2n) is 11.7. The number of hydrogen-bond donors (Lipinski definition) is 1. The highest BCUT2D eigenvalue weighted by atomic mass is 35.5. The highest BCUT2D eigenvalue weighted by molar-refractivity contribution is 7.89. The molecule has 0 radical (unpaired) electrons. The van der Waals surface area contributed by atoms with E-state index in [9.17, 15) is 22.8 Å². The van der Waals surface area contributed by atoms with Gasteiger partial charge in [0.15, 0.2) is 0 Å². The van der Waals surface area contributed by atoms with Crippen molar-refractivity contribution in [1.82, 2.24) is 14.5 Å². The lowest BCUT2D eigenvalue weighted by Gasteiger charge is -2.42. The molecule has 2 amide bonds. The van der Waals surface area contributed by atoms with Crippen molar-refractivity contribution in [3.8, 4) is 0 Å². The van der Waals surface area contributed by atoms with Crippen LogP contribution in [0.15, 0.2) is 41.3 Å². The van der Waals surface area contributed by atoms with E-state index in [1.54, 1.807) is 56.0 Å². The Hall–Kier alpha value is -2.89. The molecule has 0 spiro atoms. The van der Waals surface area contributed by atoms with E-state index < -0.39 is 33.7 Å². The minimum Gasteiger partial charge on any atom is -0.469 e. The van der Waals surface area contributed by atoms with Gasteiger partial charge in [-0.1, -0.05) is 23.7 Å². The number of carbonyl (C=O) groups is 3. The minimum atomic E-state index is -3.97. The number of nitrogens with one attached hydrogen (secondary N) is 1. The number of methoxy groups -OCH3 is 1. The van der Waals surface area contributed by atoms with Gasteiger partial charge in [0.05, 0.1) is 24.5 Å². The van der Waals surface area contributed by atoms with Crippen molar-refractivity contribution < 1.29 is 32.3 Å². The molecule has 0 bridgehead atoms. The van der Waals surface area contributed by atoms with Crippen LogP contribution in [-0.4, -0.2) is 80.0 Å². The normalized spacial score (nSPS) is 22.3. The van der Waals surface area contributed by atoms with Crippen LogP contribution >= 0.6 is 11.6 Å². The number of carbonyl (C=O) groups excluding carboxylic acids is 3. The van der Waals surface area contributed by atoms with Gasteiger partial charge in [0.1, 0.15) is 5.60 Å². The van der Waals surface area contributed by atoms with E-state index in [0.717, 1.165) is 10.8 Å². The van der Waals surface area contributed by atoms with E-state index >= 15 is 0 Å². The highest BCUT2D eigenvalue weighted by Crippen LogP contribution is 2.30. The van der Waals surface area contributed by atoms with Crippen molar-refractivity contribution in [3.63, 3.8) is 0 Å². The molecule has 2 fully saturated rings. The average molecular weight is 608 g/mol. The van der Waals surface area contributed by atoms with Crippen molar-refractivity contribution in [2.24, 2.45) is 5.92 Å². The van der Waals surface area contributed by atoms with E-state index in [2.05, 4.69) is 5.32 Å². The first-order chi connectivity index (χ1) is 19.3. The number of amides is 2. The van der Waals surface area contributed by atoms with Gasteiger partial charge in [0.25, 0.3) is 0 Å². The lowest BCUT2D eigenvalue weighted by molar-refractivity contribution is -0.145. The molecular formula is C29H38ClN3O7S. The summed E-state index contributed by atoms with van der Waals surface area (Å²) in [4.78, 5) is 39.7. The summed E-state index contributed by atoms with van der Waals surface area (Å²) >= 11 is 6.07. The molecule has 1 unspecified atom stereocenters. The van der Waals surface area contributed by atoms with Crippen molar-refractivity contribution in [2.75, 3.05) is 26.7 Å². The summed E-state index contributed by atoms with van der Waals surface area (Å²) in [5, 5.41) is 4.98. The van der Waals surface area contributed by atoms with Crippen molar-refractivity contribution in [1.29, 1.82) is 0 Å². The Kier molecular flexibility index (Phi) is 9.50. The number of benzene rings is 2. The number of esters is 1. The molecular weight excluding hydrogens is 570 g/mol. The molecule has 0 aromatic heterocycles. The first-order valence-electron chi connectivity index (χ1n) is 13.8. The van der Waals surface area contributed by atoms with Gasteiger partial charge in [0.2, 0.25) is 15.9 Å². The molecule has 4 rings (SSSR count). The maximum atomic E-state index is 13.8. The lowest BCUT2D eigenvalue weighted by atomic mass is 9.85. The quantitative estimate of drug-likeness (QED) is 0.485. The molecule has 2 aliphatic rings. The lowest BCUT2D eigenvalue weighted by Crippen LogP contribution is -2.58. The van der Waals surface area contributed by atoms with Crippen LogP contribution in [0.1, 0.15) is 52.9 Å². The topological polar surface area (TPSA) is 122 Å². The smallest absolute Gasteiger partial charge is 0.407 e. The molecule has 1 aliphatic heterocycles. The van der Waals surface area contributed by atoms with Crippen LogP contribution in [0.5, 0.6) is 0 Å². The predicted octanol–water partition coefficient (Wildman–Crippen LogP) is 4.34. The van der Waals surface area contributed by atoms with Gasteiger partial charge in [-0.25, -0.2) is 13.2 Å². The second kappa shape index (κ2) is 12.5. The first-order valence-corrected chi connectivity index (χ1v) is 15.6. The molecule has 12 heteroatoms. The standard InChI is InChI=1S/C29H38ClN3O7S/c1-29(2,3)40-28(36)31-23-10-6-19(7-11-23)27(35)32-13-14-33(24(18-32)17-26(34)39-4)41(37,38)25-12-8-20-15-22(30)9-5-21(20)16-25/h5,8-9,12,15-16,19,23-24H,6-7,10-11,13-14,17-18H2,1-4H3,(H,31,36)/t19-,23-,24?. The number of nitrogens with zero attached hydrogens (tertiary/aromatic N) is 2. The molecule has 1 saturated carbocycles. The summed E-state index contributed by atoms with van der Waals surface area (Å²) in [6.45, 7) is 5.78. The summed E-state index contributed by atoms with van der Waals surface area (Å²) in [5.41, 5.74) is -0.587. The van der Waals surface area contributed by atoms with Gasteiger partial charge in [-0.05, 0) is 81.5 Å². The van der Waals surface area contributed by atoms with Crippen LogP contribution in [0.2, 0.25) is 5.02 Å². The van der Waals surface area contributed by atoms with E-state index in [4.69, 9.17) is 21.1 Å². The summed E-state index contributed by atoms with van der Waals surface area (Å²) < 4.78 is 39.0. The average Bonchev–Trinajstić information content (AvgIpc) is 2.91. The Morgan fingerprint density at radius 1 is 1.00 bits per heavy atom. The van der Waals surface area contributed by atoms with Gasteiger partial charge < -0.3 is 19.7 Å². The predicted molar refractivity (Wildman–Crippen MR) is 155 cm³/mol. The molecule has 41 heavy (non-hydrogen) atoms. The highest BCUT2D eigenvalue weighted by Gasteiger charge is 2.40. The van der Waals surface area contributed by atoms with Crippen LogP contribution in [-0.2, 0) is 29.1 Å². The zero-order valence-corrected chi connectivity index (χ0v) is 25.5. The number of ether oxygens (including phenoxy) is 2. The molecule has 1 N–H and O–H groups in total. The Bertz CT molecular complexity index is 1400. The van der Waals surface area contributed by atoms with E-state index in [-0.39, 0.29) is 48.8 Å². The molecule has 224 valence electrons. The maximum absolute atomic E-state index is 13.8. The van der Waals surface area contributed by atoms with Crippen molar-refractivity contribution in [2.45, 2.75) is 75.5 Å². The zero-order chi connectivity index (χ0) is 29.9. The Morgan fingerprint density at radius 2 is 1.66 bits per heavy atom. The van der Waals surface area contributed by atoms with Crippen LogP contribution in [0, 0.1) is 5.92 Å². The summed E-state index contributed by atoms with van der Waals surface area (Å²) in [6, 6.07) is 9.22. The summed E-state index contributed by atoms with van der Waals surface area (Å²) in [7, 11) is -2.71. The zero-order valence-electron chi connectivity index (χ0n) is 23.9. The maximum Gasteiger partial charge on any atom is 0.407 e. The fourth-order valence-electron chi connectivity index (χ4n) is 5.50. The van der Waals surface area contributed by atoms with Gasteiger partial charge in [-0.15, -0.1) is 0 Å². The molecule has 1 heterocycles. The number of fused-ring (bicyclic) bond motifs is 1. The number of hydrogen-bond acceptors (Lipinski definition) is 7. The van der Waals surface area contributed by atoms with Crippen LogP contribution in [0.3, 0.4) is 0 Å². The molecule has 10 nitrogen and oxygen atoms in total. The number of rotatable bonds is 6. The van der Waals surface area contributed by atoms with Crippen LogP contribution in [0.25, 0.3) is 10.8 Å². The fourth-order valence-corrected chi connectivity index (χ4v) is 7.33. The summed E-state index contributed by atoms with van der Waals surface area (Å²) in [5.74, 6) is -0.845. The third-order valence-corrected chi connectivity index (χ3v) is 9.73. The van der Waals surface area contributed by atoms with E-state index in [1.807, 2.05) is 0 Å². The SMILES string of the molecule is COC(=O)CC1CN(C(=O)[C@H]2CC[C@H](NC(=O)OC(C)(C)C)CC2)CCN1S(=O)(=O)c1ccc2cc(Cl)ccc2c1. The molecule has 1 saturated heterocycles. The van der Waals surface area contributed by atoms with Gasteiger partial charge >= 0.3 is 12.1 Å². The van der Waals surface area contributed by atoms with Gasteiger partial charge in [-0.2, -0.15) is 4.31 Å². The molecule has 1 atom stereocenters. The van der Waals surface area contributed by atoms with E-state index in [0.29, 0.717) is 30.7 Å². The third kappa shape index (κ3) is 7.69. The first kappa shape index (κ1) is 31.1. The fraction of sp³-hybridized carbons (Fsp3) is 0.552. The number of sulfonamides is 1. The Balaban J connectivity index is 1.44. The van der Waals surface area contributed by atoms with E-state index in [1.165, 1.54) is 17.5 Å². The minimum absolute atomic E-state index is 0.0595. The number of piperazine rings is 1. The van der Waals surface area contributed by atoms with Crippen LogP contribution < -0.4 is 5.32 Å². The van der Waals surface area contributed by atoms with Crippen LogP contribution in [0.4, 0.5) is 4.79 Å². The largest absolute Gasteiger partial charge is 0.469 e. The van der Waals surface area contributed by atoms with Crippen molar-refractivity contribution in [3.05, 3.63) is 41.4 Å². The Labute approximate surface area is 246 Å². The molecule has 1 aliphatic carbocycles. The van der Waals surface area contributed by atoms with Crippen molar-refractivity contribution >= 4 is 50.4 Å². The number of alkyl carbamates (subject to hydrolysis) is 1. The summed E-state index contributed by atoms with van der Waals surface area (Å²) in [6.07, 6.45) is 1.84. The van der Waals surface area contributed by atoms with Gasteiger partial charge in [0, 0.05) is 36.6 Å². The monoisotopic (exact) mass is 607 g/mol. The Morgan fingerprint density at radius 3 is 2.32 bits per heavy atom. The van der Waals surface area contributed by atoms with Gasteiger partial charge in [-0.3, -0.25) is 9.59 Å². The molecule has 2 aromatic carbocycles. The second-order valence-corrected chi connectivity index (χ2v) is 14.0. The number of halogens is 1.